The second kappa shape index (κ2) is 4.66. The summed E-state index contributed by atoms with van der Waals surface area (Å²) >= 11 is 0. The van der Waals surface area contributed by atoms with Gasteiger partial charge in [0, 0.05) is 18.8 Å². The molecule has 0 unspecified atom stereocenters. The highest BCUT2D eigenvalue weighted by atomic mass is 16.3. The van der Waals surface area contributed by atoms with Crippen molar-refractivity contribution in [2.24, 2.45) is 5.92 Å². The highest BCUT2D eigenvalue weighted by molar-refractivity contribution is 6.03. The molecule has 2 atom stereocenters. The number of hydrogen-bond acceptors (Lipinski definition) is 3. The van der Waals surface area contributed by atoms with Crippen LogP contribution in [0.3, 0.4) is 0 Å². The van der Waals surface area contributed by atoms with Gasteiger partial charge in [-0.1, -0.05) is 18.2 Å². The third kappa shape index (κ3) is 2.00. The molecule has 1 aromatic carbocycles. The van der Waals surface area contributed by atoms with Crippen LogP contribution >= 0.6 is 0 Å². The number of para-hydroxylation sites is 1. The fourth-order valence-electron chi connectivity index (χ4n) is 3.09. The number of nitrogens with one attached hydrogen (secondary N) is 1. The van der Waals surface area contributed by atoms with Gasteiger partial charge in [-0.25, -0.2) is 0 Å². The molecule has 0 aromatic heterocycles. The van der Waals surface area contributed by atoms with Crippen LogP contribution in [0.1, 0.15) is 17.9 Å². The molecule has 2 amide bonds. The number of carbonyl (C=O) groups excluding carboxylic acids is 2. The van der Waals surface area contributed by atoms with Crippen LogP contribution < -0.4 is 5.32 Å². The number of amides is 2. The summed E-state index contributed by atoms with van der Waals surface area (Å²) in [5, 5.41) is 11.8. The quantitative estimate of drug-likeness (QED) is 0.816. The maximum Gasteiger partial charge on any atom is 0.248 e. The van der Waals surface area contributed by atoms with Gasteiger partial charge in [-0.05, 0) is 24.0 Å². The summed E-state index contributed by atoms with van der Waals surface area (Å²) in [4.78, 5) is 25.2. The van der Waals surface area contributed by atoms with Gasteiger partial charge in [-0.2, -0.15) is 0 Å². The Morgan fingerprint density at radius 2 is 2.21 bits per heavy atom. The van der Waals surface area contributed by atoms with Gasteiger partial charge in [0.1, 0.15) is 6.61 Å². The average Bonchev–Trinajstić information content (AvgIpc) is 3.00. The molecule has 1 aromatic rings. The number of rotatable bonds is 2. The van der Waals surface area contributed by atoms with Crippen LogP contribution in [0.15, 0.2) is 24.3 Å². The topological polar surface area (TPSA) is 69.6 Å². The number of aliphatic hydroxyl groups is 1. The summed E-state index contributed by atoms with van der Waals surface area (Å²) in [6.07, 6.45) is 0.804. The number of anilines is 1. The van der Waals surface area contributed by atoms with Crippen molar-refractivity contribution in [2.45, 2.75) is 12.3 Å². The minimum Gasteiger partial charge on any atom is -0.387 e. The van der Waals surface area contributed by atoms with Crippen LogP contribution in [-0.4, -0.2) is 41.5 Å². The average molecular weight is 260 g/mol. The van der Waals surface area contributed by atoms with Gasteiger partial charge in [0.25, 0.3) is 0 Å². The molecule has 5 heteroatoms. The molecule has 2 aliphatic rings. The van der Waals surface area contributed by atoms with E-state index in [1.807, 2.05) is 24.3 Å². The molecule has 0 aliphatic carbocycles. The summed E-state index contributed by atoms with van der Waals surface area (Å²) in [6.45, 7) is 0.710. The summed E-state index contributed by atoms with van der Waals surface area (Å²) in [6, 6.07) is 7.70. The molecule has 5 nitrogen and oxygen atoms in total. The summed E-state index contributed by atoms with van der Waals surface area (Å²) in [5.74, 6) is -0.273. The Bertz CT molecular complexity index is 529. The zero-order valence-corrected chi connectivity index (χ0v) is 10.5. The van der Waals surface area contributed by atoms with Gasteiger partial charge in [-0.3, -0.25) is 9.59 Å². The first-order valence-corrected chi connectivity index (χ1v) is 6.49. The van der Waals surface area contributed by atoms with Gasteiger partial charge < -0.3 is 15.3 Å². The lowest BCUT2D eigenvalue weighted by molar-refractivity contribution is -0.133. The van der Waals surface area contributed by atoms with E-state index in [0.717, 1.165) is 17.7 Å². The van der Waals surface area contributed by atoms with Crippen LogP contribution in [0.25, 0.3) is 0 Å². The Labute approximate surface area is 111 Å². The standard InChI is InChI=1S/C14H16N2O3/c17-8-12(18)16-6-5-9(7-16)13-10-3-1-2-4-11(10)15-14(13)19/h1-4,9,13,17H,5-8H2,(H,15,19)/t9-,13-/m0/s1. The zero-order chi connectivity index (χ0) is 13.4. The van der Waals surface area contributed by atoms with Crippen LogP contribution in [0.2, 0.25) is 0 Å². The molecule has 0 radical (unpaired) electrons. The van der Waals surface area contributed by atoms with E-state index in [1.165, 1.54) is 0 Å². The van der Waals surface area contributed by atoms with Crippen molar-refractivity contribution < 1.29 is 14.7 Å². The van der Waals surface area contributed by atoms with Crippen LogP contribution in [0.5, 0.6) is 0 Å². The number of likely N-dealkylation sites (tertiary alicyclic amines) is 1. The highest BCUT2D eigenvalue weighted by Crippen LogP contribution is 2.40. The number of hydrogen-bond donors (Lipinski definition) is 2. The zero-order valence-electron chi connectivity index (χ0n) is 10.5. The van der Waals surface area contributed by atoms with E-state index in [2.05, 4.69) is 5.32 Å². The van der Waals surface area contributed by atoms with E-state index >= 15 is 0 Å². The lowest BCUT2D eigenvalue weighted by atomic mass is 9.86. The normalized spacial score (nSPS) is 25.3. The Morgan fingerprint density at radius 1 is 1.42 bits per heavy atom. The van der Waals surface area contributed by atoms with Gasteiger partial charge in [0.15, 0.2) is 0 Å². The first kappa shape index (κ1) is 12.2. The predicted molar refractivity (Wildman–Crippen MR) is 69.6 cm³/mol. The minimum atomic E-state index is -0.458. The van der Waals surface area contributed by atoms with E-state index in [0.29, 0.717) is 13.1 Å². The maximum atomic E-state index is 12.1. The molecule has 1 fully saturated rings. The monoisotopic (exact) mass is 260 g/mol. The number of aliphatic hydroxyl groups excluding tert-OH is 1. The summed E-state index contributed by atoms with van der Waals surface area (Å²) in [5.41, 5.74) is 1.90. The molecule has 2 N–H and O–H groups in total. The van der Waals surface area contributed by atoms with Crippen LogP contribution in [-0.2, 0) is 9.59 Å². The van der Waals surface area contributed by atoms with Crippen molar-refractivity contribution in [1.29, 1.82) is 0 Å². The van der Waals surface area contributed by atoms with E-state index < -0.39 is 6.61 Å². The Morgan fingerprint density at radius 3 is 3.00 bits per heavy atom. The molecule has 0 saturated carbocycles. The molecule has 19 heavy (non-hydrogen) atoms. The van der Waals surface area contributed by atoms with Crippen molar-refractivity contribution in [3.8, 4) is 0 Å². The number of fused-ring (bicyclic) bond motifs is 1. The molecular weight excluding hydrogens is 244 g/mol. The molecule has 0 spiro atoms. The first-order valence-electron chi connectivity index (χ1n) is 6.49. The Kier molecular flexibility index (Phi) is 2.98. The SMILES string of the molecule is O=C1Nc2ccccc2[C@@H]1[C@H]1CCN(C(=O)CO)C1. The Hall–Kier alpha value is -1.88. The molecule has 2 aliphatic heterocycles. The Balaban J connectivity index is 1.81. The number of carbonyl (C=O) groups is 2. The molecular formula is C14H16N2O3. The predicted octanol–water partition coefficient (Wildman–Crippen LogP) is 0.563. The maximum absolute atomic E-state index is 12.1. The van der Waals surface area contributed by atoms with E-state index in [4.69, 9.17) is 5.11 Å². The fourth-order valence-corrected chi connectivity index (χ4v) is 3.09. The minimum absolute atomic E-state index is 0.0181. The lowest BCUT2D eigenvalue weighted by Crippen LogP contribution is -2.32. The highest BCUT2D eigenvalue weighted by Gasteiger charge is 2.40. The van der Waals surface area contributed by atoms with Crippen LogP contribution in [0, 0.1) is 5.92 Å². The number of benzene rings is 1. The van der Waals surface area contributed by atoms with Crippen molar-refractivity contribution in [3.63, 3.8) is 0 Å². The van der Waals surface area contributed by atoms with Gasteiger partial charge in [-0.15, -0.1) is 0 Å². The molecule has 1 saturated heterocycles. The van der Waals surface area contributed by atoms with Crippen molar-refractivity contribution in [2.75, 3.05) is 25.0 Å². The third-order valence-corrected chi connectivity index (χ3v) is 4.02. The molecule has 0 bridgehead atoms. The molecule has 100 valence electrons. The van der Waals surface area contributed by atoms with Crippen LogP contribution in [0.4, 0.5) is 5.69 Å². The van der Waals surface area contributed by atoms with Gasteiger partial charge in [0.05, 0.1) is 5.92 Å². The van der Waals surface area contributed by atoms with Crippen molar-refractivity contribution in [1.82, 2.24) is 4.90 Å². The fraction of sp³-hybridized carbons (Fsp3) is 0.429. The summed E-state index contributed by atoms with van der Waals surface area (Å²) < 4.78 is 0. The largest absolute Gasteiger partial charge is 0.387 e. The number of nitrogens with zero attached hydrogens (tertiary/aromatic N) is 1. The first-order chi connectivity index (χ1) is 9.20. The van der Waals surface area contributed by atoms with Crippen molar-refractivity contribution in [3.05, 3.63) is 29.8 Å². The lowest BCUT2D eigenvalue weighted by Gasteiger charge is -2.18. The van der Waals surface area contributed by atoms with Gasteiger partial charge >= 0.3 is 0 Å². The van der Waals surface area contributed by atoms with E-state index in [9.17, 15) is 9.59 Å². The third-order valence-electron chi connectivity index (χ3n) is 4.02. The second-order valence-corrected chi connectivity index (χ2v) is 5.10. The smallest absolute Gasteiger partial charge is 0.248 e. The molecule has 3 rings (SSSR count). The van der Waals surface area contributed by atoms with E-state index in [1.54, 1.807) is 4.90 Å². The summed E-state index contributed by atoms with van der Waals surface area (Å²) in [7, 11) is 0. The van der Waals surface area contributed by atoms with E-state index in [-0.39, 0.29) is 23.7 Å². The van der Waals surface area contributed by atoms with Gasteiger partial charge in [0.2, 0.25) is 11.8 Å². The molecule has 2 heterocycles. The van der Waals surface area contributed by atoms with Crippen molar-refractivity contribution >= 4 is 17.5 Å². The second-order valence-electron chi connectivity index (χ2n) is 5.10.